The Kier molecular flexibility index (Phi) is 6.54. The number of aromatic nitrogens is 2. The topological polar surface area (TPSA) is 61.6 Å². The maximum atomic E-state index is 12.8. The monoisotopic (exact) mass is 410 g/mol. The number of likely N-dealkylation sites (tertiary alicyclic amines) is 1. The van der Waals surface area contributed by atoms with Gasteiger partial charge in [0.2, 0.25) is 0 Å². The van der Waals surface area contributed by atoms with E-state index in [1.54, 1.807) is 10.7 Å². The van der Waals surface area contributed by atoms with Gasteiger partial charge in [-0.25, -0.2) is 4.68 Å². The number of aliphatic hydroxyl groups excluding tert-OH is 1. The lowest BCUT2D eigenvalue weighted by molar-refractivity contribution is 0.145. The van der Waals surface area contributed by atoms with Gasteiger partial charge in [0.15, 0.2) is 0 Å². The maximum absolute atomic E-state index is 12.8. The second kappa shape index (κ2) is 9.31. The number of benzene rings is 1. The minimum atomic E-state index is -0.218. The van der Waals surface area contributed by atoms with Gasteiger partial charge in [0, 0.05) is 32.2 Å². The van der Waals surface area contributed by atoms with Crippen LogP contribution in [0, 0.1) is 0 Å². The second-order valence-corrected chi connectivity index (χ2v) is 9.14. The first-order chi connectivity index (χ1) is 14.5. The zero-order valence-electron chi connectivity index (χ0n) is 18.2. The van der Waals surface area contributed by atoms with Crippen LogP contribution in [0.4, 0.5) is 5.69 Å². The summed E-state index contributed by atoms with van der Waals surface area (Å²) < 4.78 is 1.68. The zero-order chi connectivity index (χ0) is 21.1. The molecule has 0 amide bonds. The summed E-state index contributed by atoms with van der Waals surface area (Å²) in [6, 6.07) is 10.8. The third kappa shape index (κ3) is 4.93. The predicted octanol–water partition coefficient (Wildman–Crippen LogP) is 3.16. The first kappa shape index (κ1) is 21.1. The normalized spacial score (nSPS) is 21.3. The van der Waals surface area contributed by atoms with Gasteiger partial charge in [-0.05, 0) is 49.3 Å². The SMILES string of the molecule is CC(C)c1ccc(CN2CCC[C@@H](n3ncc(N4CCC(O)CC4)cc3=O)C2)cc1. The second-order valence-electron chi connectivity index (χ2n) is 9.14. The van der Waals surface area contributed by atoms with Crippen LogP contribution in [0.1, 0.15) is 62.6 Å². The summed E-state index contributed by atoms with van der Waals surface area (Å²) in [6.45, 7) is 8.82. The van der Waals surface area contributed by atoms with Crippen molar-refractivity contribution in [1.29, 1.82) is 0 Å². The molecule has 0 aliphatic carbocycles. The zero-order valence-corrected chi connectivity index (χ0v) is 18.2. The highest BCUT2D eigenvalue weighted by atomic mass is 16.3. The third-order valence-corrected chi connectivity index (χ3v) is 6.52. The summed E-state index contributed by atoms with van der Waals surface area (Å²) in [5.41, 5.74) is 3.55. The van der Waals surface area contributed by atoms with Crippen LogP contribution in [-0.2, 0) is 6.54 Å². The highest BCUT2D eigenvalue weighted by Gasteiger charge is 2.24. The highest BCUT2D eigenvalue weighted by Crippen LogP contribution is 2.23. The van der Waals surface area contributed by atoms with Gasteiger partial charge >= 0.3 is 0 Å². The Hall–Kier alpha value is -2.18. The van der Waals surface area contributed by atoms with Crippen LogP contribution in [0.15, 0.2) is 41.3 Å². The Morgan fingerprint density at radius 1 is 1.10 bits per heavy atom. The maximum Gasteiger partial charge on any atom is 0.269 e. The van der Waals surface area contributed by atoms with Crippen molar-refractivity contribution < 1.29 is 5.11 Å². The molecule has 4 rings (SSSR count). The Morgan fingerprint density at radius 3 is 2.50 bits per heavy atom. The lowest BCUT2D eigenvalue weighted by Crippen LogP contribution is -2.41. The van der Waals surface area contributed by atoms with Crippen molar-refractivity contribution in [3.63, 3.8) is 0 Å². The van der Waals surface area contributed by atoms with Crippen LogP contribution in [0.5, 0.6) is 0 Å². The van der Waals surface area contributed by atoms with Gasteiger partial charge in [0.25, 0.3) is 5.56 Å². The molecular weight excluding hydrogens is 376 g/mol. The quantitative estimate of drug-likeness (QED) is 0.820. The molecule has 3 heterocycles. The molecule has 30 heavy (non-hydrogen) atoms. The van der Waals surface area contributed by atoms with Crippen LogP contribution < -0.4 is 10.5 Å². The van der Waals surface area contributed by atoms with E-state index in [1.165, 1.54) is 11.1 Å². The van der Waals surface area contributed by atoms with E-state index in [-0.39, 0.29) is 17.7 Å². The molecule has 1 atom stereocenters. The molecule has 2 aromatic rings. The number of anilines is 1. The molecular formula is C24H34N4O2. The highest BCUT2D eigenvalue weighted by molar-refractivity contribution is 5.43. The van der Waals surface area contributed by atoms with Gasteiger partial charge in [-0.3, -0.25) is 9.69 Å². The molecule has 1 aromatic carbocycles. The number of hydrogen-bond donors (Lipinski definition) is 1. The van der Waals surface area contributed by atoms with Gasteiger partial charge in [-0.15, -0.1) is 0 Å². The number of piperidine rings is 2. The molecule has 0 radical (unpaired) electrons. The molecule has 1 N–H and O–H groups in total. The largest absolute Gasteiger partial charge is 0.393 e. The van der Waals surface area contributed by atoms with Gasteiger partial charge in [0.05, 0.1) is 24.0 Å². The minimum absolute atomic E-state index is 0.0215. The summed E-state index contributed by atoms with van der Waals surface area (Å²) in [5.74, 6) is 0.550. The van der Waals surface area contributed by atoms with Gasteiger partial charge in [0.1, 0.15) is 0 Å². The first-order valence-electron chi connectivity index (χ1n) is 11.3. The number of rotatable bonds is 5. The van der Waals surface area contributed by atoms with Crippen LogP contribution in [0.25, 0.3) is 0 Å². The molecule has 0 saturated carbocycles. The van der Waals surface area contributed by atoms with E-state index in [9.17, 15) is 9.90 Å². The van der Waals surface area contributed by atoms with E-state index in [1.807, 2.05) is 6.20 Å². The van der Waals surface area contributed by atoms with Crippen molar-refractivity contribution in [3.05, 3.63) is 58.0 Å². The fourth-order valence-corrected chi connectivity index (χ4v) is 4.62. The molecule has 6 heteroatoms. The molecule has 162 valence electrons. The smallest absolute Gasteiger partial charge is 0.269 e. The number of nitrogens with zero attached hydrogens (tertiary/aromatic N) is 4. The number of aliphatic hydroxyl groups is 1. The summed E-state index contributed by atoms with van der Waals surface area (Å²) in [4.78, 5) is 17.4. The van der Waals surface area contributed by atoms with Crippen molar-refractivity contribution in [3.8, 4) is 0 Å². The molecule has 0 bridgehead atoms. The molecule has 2 saturated heterocycles. The fourth-order valence-electron chi connectivity index (χ4n) is 4.62. The molecule has 2 fully saturated rings. The lowest BCUT2D eigenvalue weighted by atomic mass is 10.0. The van der Waals surface area contributed by atoms with Crippen LogP contribution in [-0.4, -0.2) is 52.1 Å². The van der Waals surface area contributed by atoms with E-state index >= 15 is 0 Å². The van der Waals surface area contributed by atoms with Gasteiger partial charge in [-0.2, -0.15) is 5.10 Å². The summed E-state index contributed by atoms with van der Waals surface area (Å²) in [6.07, 6.45) is 5.17. The number of hydrogen-bond acceptors (Lipinski definition) is 5. The average Bonchev–Trinajstić information content (AvgIpc) is 2.75. The molecule has 1 aromatic heterocycles. The summed E-state index contributed by atoms with van der Waals surface area (Å²) in [7, 11) is 0. The minimum Gasteiger partial charge on any atom is -0.393 e. The van der Waals surface area contributed by atoms with Crippen molar-refractivity contribution in [2.45, 2.75) is 64.1 Å². The fraction of sp³-hybridized carbons (Fsp3) is 0.583. The Balaban J connectivity index is 1.41. The Labute approximate surface area is 179 Å². The molecule has 2 aliphatic rings. The predicted molar refractivity (Wildman–Crippen MR) is 120 cm³/mol. The van der Waals surface area contributed by atoms with E-state index < -0.39 is 0 Å². The first-order valence-corrected chi connectivity index (χ1v) is 11.3. The van der Waals surface area contributed by atoms with E-state index in [4.69, 9.17) is 0 Å². The van der Waals surface area contributed by atoms with Crippen LogP contribution in [0.3, 0.4) is 0 Å². The third-order valence-electron chi connectivity index (χ3n) is 6.52. The van der Waals surface area contributed by atoms with Crippen molar-refractivity contribution in [1.82, 2.24) is 14.7 Å². The Bertz CT molecular complexity index is 885. The van der Waals surface area contributed by atoms with Gasteiger partial charge in [-0.1, -0.05) is 38.1 Å². The summed E-state index contributed by atoms with van der Waals surface area (Å²) in [5, 5.41) is 14.2. The van der Waals surface area contributed by atoms with Crippen molar-refractivity contribution in [2.24, 2.45) is 0 Å². The van der Waals surface area contributed by atoms with E-state index in [0.717, 1.165) is 64.1 Å². The molecule has 0 spiro atoms. The van der Waals surface area contributed by atoms with Crippen molar-refractivity contribution >= 4 is 5.69 Å². The average molecular weight is 411 g/mol. The van der Waals surface area contributed by atoms with Crippen LogP contribution >= 0.6 is 0 Å². The van der Waals surface area contributed by atoms with E-state index in [0.29, 0.717) is 5.92 Å². The Morgan fingerprint density at radius 2 is 1.83 bits per heavy atom. The van der Waals surface area contributed by atoms with E-state index in [2.05, 4.69) is 53.0 Å². The molecule has 6 nitrogen and oxygen atoms in total. The standard InChI is InChI=1S/C24H34N4O2/c1-18(2)20-7-5-19(6-8-20)16-26-11-3-4-21(17-26)28-24(30)14-22(15-25-28)27-12-9-23(29)10-13-27/h5-8,14-15,18,21,23,29H,3-4,9-13,16-17H2,1-2H3/t21-/m1/s1. The van der Waals surface area contributed by atoms with Crippen molar-refractivity contribution in [2.75, 3.05) is 31.1 Å². The van der Waals surface area contributed by atoms with Gasteiger partial charge < -0.3 is 10.0 Å². The van der Waals surface area contributed by atoms with Crippen LogP contribution in [0.2, 0.25) is 0 Å². The lowest BCUT2D eigenvalue weighted by Gasteiger charge is -2.34. The molecule has 2 aliphatic heterocycles. The summed E-state index contributed by atoms with van der Waals surface area (Å²) >= 11 is 0. The molecule has 0 unspecified atom stereocenters.